The number of nitrogens with zero attached hydrogens (tertiary/aromatic N) is 3. The lowest BCUT2D eigenvalue weighted by Gasteiger charge is -2.20. The minimum Gasteiger partial charge on any atom is -0.305 e. The molecule has 0 saturated carbocycles. The summed E-state index contributed by atoms with van der Waals surface area (Å²) in [5.41, 5.74) is 2.37. The molecule has 1 aromatic carbocycles. The van der Waals surface area contributed by atoms with E-state index in [1.807, 2.05) is 17.9 Å². The van der Waals surface area contributed by atoms with Gasteiger partial charge >= 0.3 is 0 Å². The van der Waals surface area contributed by atoms with Gasteiger partial charge in [0, 0.05) is 10.6 Å². The van der Waals surface area contributed by atoms with E-state index in [2.05, 4.69) is 69.4 Å². The first-order chi connectivity index (χ1) is 8.74. The molecule has 1 N–H and O–H groups in total. The van der Waals surface area contributed by atoms with E-state index in [9.17, 15) is 0 Å². The molecule has 2 aromatic rings. The van der Waals surface area contributed by atoms with Gasteiger partial charge in [-0.25, -0.2) is 0 Å². The van der Waals surface area contributed by atoms with Gasteiger partial charge in [-0.1, -0.05) is 30.3 Å². The van der Waals surface area contributed by atoms with Crippen LogP contribution in [0, 0.1) is 3.57 Å². The maximum Gasteiger partial charge on any atom is 0.0799 e. The molecule has 0 spiro atoms. The summed E-state index contributed by atoms with van der Waals surface area (Å²) in [7, 11) is 1.93. The van der Waals surface area contributed by atoms with E-state index in [4.69, 9.17) is 0 Å². The molecule has 0 fully saturated rings. The summed E-state index contributed by atoms with van der Waals surface area (Å²) >= 11 is 2.37. The summed E-state index contributed by atoms with van der Waals surface area (Å²) in [6.45, 7) is 3.14. The molecule has 1 unspecified atom stereocenters. The highest BCUT2D eigenvalue weighted by atomic mass is 127. The van der Waals surface area contributed by atoms with E-state index < -0.39 is 0 Å². The Kier molecular flexibility index (Phi) is 4.71. The van der Waals surface area contributed by atoms with Crippen LogP contribution in [0.5, 0.6) is 0 Å². The van der Waals surface area contributed by atoms with E-state index >= 15 is 0 Å². The van der Waals surface area contributed by atoms with Crippen molar-refractivity contribution in [2.45, 2.75) is 19.4 Å². The number of aryl methyl sites for hydroxylation is 1. The van der Waals surface area contributed by atoms with Crippen molar-refractivity contribution in [1.29, 1.82) is 0 Å². The number of hydrogen-bond acceptors (Lipinski definition) is 3. The molecular formula is C13H17IN4. The quantitative estimate of drug-likeness (QED) is 0.838. The van der Waals surface area contributed by atoms with Crippen molar-refractivity contribution in [3.63, 3.8) is 0 Å². The molecule has 1 aromatic heterocycles. The van der Waals surface area contributed by atoms with Crippen LogP contribution >= 0.6 is 22.6 Å². The third kappa shape index (κ3) is 2.89. The van der Waals surface area contributed by atoms with Crippen LogP contribution in [0.25, 0.3) is 0 Å². The molecule has 0 aliphatic heterocycles. The Morgan fingerprint density at radius 1 is 1.39 bits per heavy atom. The second-order valence-electron chi connectivity index (χ2n) is 4.19. The van der Waals surface area contributed by atoms with Crippen LogP contribution in [0.15, 0.2) is 30.5 Å². The molecule has 18 heavy (non-hydrogen) atoms. The Hall–Kier alpha value is -0.950. The first-order valence-corrected chi connectivity index (χ1v) is 7.14. The maximum absolute atomic E-state index is 4.02. The molecular weight excluding hydrogens is 339 g/mol. The van der Waals surface area contributed by atoms with Gasteiger partial charge in [-0.15, -0.1) is 5.10 Å². The molecule has 0 aliphatic carbocycles. The van der Waals surface area contributed by atoms with Gasteiger partial charge in [0.05, 0.1) is 17.9 Å². The lowest BCUT2D eigenvalue weighted by molar-refractivity contribution is 0.549. The Morgan fingerprint density at radius 2 is 2.17 bits per heavy atom. The van der Waals surface area contributed by atoms with Crippen LogP contribution in [0.4, 0.5) is 0 Å². The first-order valence-electron chi connectivity index (χ1n) is 6.06. The molecule has 0 radical (unpaired) electrons. The average molecular weight is 356 g/mol. The molecule has 4 nitrogen and oxygen atoms in total. The van der Waals surface area contributed by atoms with Crippen molar-refractivity contribution in [3.8, 4) is 0 Å². The lowest BCUT2D eigenvalue weighted by atomic mass is 10.0. The normalized spacial score (nSPS) is 12.6. The molecule has 0 aliphatic rings. The highest BCUT2D eigenvalue weighted by Gasteiger charge is 2.19. The number of rotatable bonds is 5. The average Bonchev–Trinajstić information content (AvgIpc) is 2.78. The van der Waals surface area contributed by atoms with Crippen LogP contribution in [0.1, 0.15) is 30.6 Å². The number of benzene rings is 1. The Morgan fingerprint density at radius 3 is 2.78 bits per heavy atom. The Balaban J connectivity index is 2.37. The van der Waals surface area contributed by atoms with Crippen molar-refractivity contribution in [2.24, 2.45) is 7.05 Å². The summed E-state index contributed by atoms with van der Waals surface area (Å²) in [5.74, 6) is 0. The standard InChI is InChI=1S/C13H17IN4/c1-3-8-15-13(12-9-16-17-18(12)2)10-6-4-5-7-11(10)14/h4-7,9,13,15H,3,8H2,1-2H3. The van der Waals surface area contributed by atoms with E-state index in [0.717, 1.165) is 18.7 Å². The molecule has 0 amide bonds. The van der Waals surface area contributed by atoms with Gasteiger partial charge in [0.15, 0.2) is 0 Å². The van der Waals surface area contributed by atoms with Gasteiger partial charge in [0.25, 0.3) is 0 Å². The molecule has 0 saturated heterocycles. The van der Waals surface area contributed by atoms with Gasteiger partial charge in [-0.05, 0) is 47.2 Å². The smallest absolute Gasteiger partial charge is 0.0799 e. The molecule has 2 rings (SSSR count). The second-order valence-corrected chi connectivity index (χ2v) is 5.35. The van der Waals surface area contributed by atoms with E-state index in [-0.39, 0.29) is 6.04 Å². The van der Waals surface area contributed by atoms with Crippen molar-refractivity contribution in [1.82, 2.24) is 20.3 Å². The summed E-state index contributed by atoms with van der Waals surface area (Å²) in [6.07, 6.45) is 2.93. The number of hydrogen-bond donors (Lipinski definition) is 1. The molecule has 1 heterocycles. The van der Waals surface area contributed by atoms with E-state index in [0.29, 0.717) is 0 Å². The predicted octanol–water partition coefficient (Wildman–Crippen LogP) is 2.51. The Labute approximate surface area is 121 Å². The fourth-order valence-electron chi connectivity index (χ4n) is 1.93. The molecule has 5 heteroatoms. The summed E-state index contributed by atoms with van der Waals surface area (Å²) in [6, 6.07) is 8.56. The summed E-state index contributed by atoms with van der Waals surface area (Å²) in [5, 5.41) is 11.6. The van der Waals surface area contributed by atoms with E-state index in [1.165, 1.54) is 9.13 Å². The minimum absolute atomic E-state index is 0.151. The first kappa shape index (κ1) is 13.5. The van der Waals surface area contributed by atoms with Gasteiger partial charge in [-0.3, -0.25) is 4.68 Å². The van der Waals surface area contributed by atoms with E-state index in [1.54, 1.807) is 0 Å². The highest BCUT2D eigenvalue weighted by molar-refractivity contribution is 14.1. The monoisotopic (exact) mass is 356 g/mol. The van der Waals surface area contributed by atoms with Crippen molar-refractivity contribution < 1.29 is 0 Å². The number of aromatic nitrogens is 3. The highest BCUT2D eigenvalue weighted by Crippen LogP contribution is 2.25. The topological polar surface area (TPSA) is 42.7 Å². The van der Waals surface area contributed by atoms with Crippen LogP contribution in [0.2, 0.25) is 0 Å². The van der Waals surface area contributed by atoms with Crippen LogP contribution in [-0.4, -0.2) is 21.5 Å². The third-order valence-corrected chi connectivity index (χ3v) is 3.84. The SMILES string of the molecule is CCCNC(c1ccccc1I)c1cnnn1C. The van der Waals surface area contributed by atoms with Crippen LogP contribution in [-0.2, 0) is 7.05 Å². The minimum atomic E-state index is 0.151. The third-order valence-electron chi connectivity index (χ3n) is 2.86. The summed E-state index contributed by atoms with van der Waals surface area (Å²) in [4.78, 5) is 0. The largest absolute Gasteiger partial charge is 0.305 e. The van der Waals surface area contributed by atoms with Crippen LogP contribution in [0.3, 0.4) is 0 Å². The van der Waals surface area contributed by atoms with Crippen molar-refractivity contribution in [3.05, 3.63) is 45.3 Å². The van der Waals surface area contributed by atoms with Crippen molar-refractivity contribution in [2.75, 3.05) is 6.54 Å². The van der Waals surface area contributed by atoms with Crippen LogP contribution < -0.4 is 5.32 Å². The molecule has 96 valence electrons. The van der Waals surface area contributed by atoms with Gasteiger partial charge in [-0.2, -0.15) is 0 Å². The van der Waals surface area contributed by atoms with Gasteiger partial charge in [0.2, 0.25) is 0 Å². The zero-order chi connectivity index (χ0) is 13.0. The second kappa shape index (κ2) is 6.29. The molecule has 1 atom stereocenters. The summed E-state index contributed by atoms with van der Waals surface area (Å²) < 4.78 is 3.08. The molecule has 0 bridgehead atoms. The fraction of sp³-hybridized carbons (Fsp3) is 0.385. The van der Waals surface area contributed by atoms with Gasteiger partial charge in [0.1, 0.15) is 0 Å². The zero-order valence-corrected chi connectivity index (χ0v) is 12.8. The number of halogens is 1. The number of nitrogens with one attached hydrogen (secondary N) is 1. The maximum atomic E-state index is 4.02. The fourth-order valence-corrected chi connectivity index (χ4v) is 2.63. The Bertz CT molecular complexity index is 509. The lowest BCUT2D eigenvalue weighted by Crippen LogP contribution is -2.26. The van der Waals surface area contributed by atoms with Gasteiger partial charge < -0.3 is 5.32 Å². The van der Waals surface area contributed by atoms with Crippen molar-refractivity contribution >= 4 is 22.6 Å². The predicted molar refractivity (Wildman–Crippen MR) is 80.3 cm³/mol. The zero-order valence-electron chi connectivity index (χ0n) is 10.6.